The standard InChI is InChI=1S/2C24H25F3N4O2/c1-16-12-21(28-22(13-16)33-15-18-6-4-3-5-7-18)31-14-20(17(2)29-31)23(32)30-10-8-19(9-11-30)24(25,26)27;1-16-12-21(29-22(13-16)33-15-18-6-4-3-5-7-18)31-17(2)20(14-28-31)23(32)30-10-8-19(9-11-30)24(25,26)27/h2*3-7,12-14,19H,8-11,15H2,1-2H3. The Bertz CT molecular complexity index is 2560. The highest BCUT2D eigenvalue weighted by atomic mass is 19.4. The van der Waals surface area contributed by atoms with Crippen molar-refractivity contribution >= 4 is 11.8 Å². The van der Waals surface area contributed by atoms with E-state index in [0.717, 1.165) is 22.3 Å². The van der Waals surface area contributed by atoms with Gasteiger partial charge in [-0.1, -0.05) is 60.7 Å². The maximum Gasteiger partial charge on any atom is 0.391 e. The Hall–Kier alpha value is -6.72. The molecule has 2 aliphatic rings. The maximum atomic E-state index is 13.0. The molecule has 348 valence electrons. The molecule has 12 nitrogen and oxygen atoms in total. The molecule has 0 unspecified atom stereocenters. The highest BCUT2D eigenvalue weighted by molar-refractivity contribution is 5.95. The quantitative estimate of drug-likeness (QED) is 0.125. The number of likely N-dealkylation sites (tertiary alicyclic amines) is 2. The van der Waals surface area contributed by atoms with Crippen LogP contribution < -0.4 is 9.47 Å². The molecule has 2 aliphatic heterocycles. The van der Waals surface area contributed by atoms with E-state index in [1.165, 1.54) is 20.7 Å². The number of benzene rings is 2. The van der Waals surface area contributed by atoms with E-state index in [-0.39, 0.29) is 63.7 Å². The van der Waals surface area contributed by atoms with Crippen molar-refractivity contribution in [3.8, 4) is 23.4 Å². The number of pyridine rings is 2. The summed E-state index contributed by atoms with van der Waals surface area (Å²) >= 11 is 0. The lowest BCUT2D eigenvalue weighted by atomic mass is 9.96. The lowest BCUT2D eigenvalue weighted by Gasteiger charge is -2.32. The van der Waals surface area contributed by atoms with Crippen LogP contribution in [-0.2, 0) is 13.2 Å². The number of ether oxygens (including phenoxy) is 2. The Balaban J connectivity index is 0.000000196. The Morgan fingerprint density at radius 1 is 0.621 bits per heavy atom. The van der Waals surface area contributed by atoms with Crippen LogP contribution in [0.25, 0.3) is 11.6 Å². The summed E-state index contributed by atoms with van der Waals surface area (Å²) in [6.45, 7) is 8.32. The molecule has 0 bridgehead atoms. The monoisotopic (exact) mass is 916 g/mol. The lowest BCUT2D eigenvalue weighted by molar-refractivity contribution is -0.184. The van der Waals surface area contributed by atoms with Gasteiger partial charge in [0.15, 0.2) is 11.6 Å². The highest BCUT2D eigenvalue weighted by Crippen LogP contribution is 2.36. The van der Waals surface area contributed by atoms with Gasteiger partial charge in [-0.3, -0.25) is 9.59 Å². The van der Waals surface area contributed by atoms with E-state index in [4.69, 9.17) is 9.47 Å². The van der Waals surface area contributed by atoms with Crippen LogP contribution in [0.4, 0.5) is 26.3 Å². The van der Waals surface area contributed by atoms with Crippen LogP contribution in [0, 0.1) is 39.5 Å². The van der Waals surface area contributed by atoms with Gasteiger partial charge in [-0.05, 0) is 87.8 Å². The first kappa shape index (κ1) is 47.2. The topological polar surface area (TPSA) is 121 Å². The van der Waals surface area contributed by atoms with Crippen molar-refractivity contribution < 1.29 is 45.4 Å². The zero-order valence-corrected chi connectivity index (χ0v) is 36.9. The minimum absolute atomic E-state index is 0.0772. The number of rotatable bonds is 10. The van der Waals surface area contributed by atoms with Crippen LogP contribution in [-0.4, -0.2) is 89.7 Å². The molecule has 2 saturated heterocycles. The number of aryl methyl sites for hydroxylation is 3. The third kappa shape index (κ3) is 11.7. The van der Waals surface area contributed by atoms with Gasteiger partial charge in [0.1, 0.15) is 13.2 Å². The molecule has 18 heteroatoms. The van der Waals surface area contributed by atoms with E-state index in [1.807, 2.05) is 98.8 Å². The number of piperidine rings is 2. The smallest absolute Gasteiger partial charge is 0.391 e. The maximum absolute atomic E-state index is 13.0. The zero-order valence-electron chi connectivity index (χ0n) is 36.9. The van der Waals surface area contributed by atoms with E-state index in [1.54, 1.807) is 24.7 Å². The van der Waals surface area contributed by atoms with Crippen molar-refractivity contribution in [1.29, 1.82) is 0 Å². The summed E-state index contributed by atoms with van der Waals surface area (Å²) in [6.07, 6.45) is -5.72. The number of amides is 2. The van der Waals surface area contributed by atoms with Crippen molar-refractivity contribution in [3.05, 3.63) is 142 Å². The molecule has 0 aliphatic carbocycles. The van der Waals surface area contributed by atoms with Gasteiger partial charge in [-0.2, -0.15) is 46.5 Å². The highest BCUT2D eigenvalue weighted by Gasteiger charge is 2.43. The second-order valence-corrected chi connectivity index (χ2v) is 16.6. The molecule has 8 rings (SSSR count). The predicted molar refractivity (Wildman–Crippen MR) is 233 cm³/mol. The summed E-state index contributed by atoms with van der Waals surface area (Å²) in [5, 5.41) is 8.75. The first-order chi connectivity index (χ1) is 31.4. The molecule has 6 aromatic rings. The van der Waals surface area contributed by atoms with Crippen LogP contribution in [0.5, 0.6) is 11.8 Å². The van der Waals surface area contributed by atoms with Gasteiger partial charge >= 0.3 is 12.4 Å². The lowest BCUT2D eigenvalue weighted by Crippen LogP contribution is -2.42. The minimum atomic E-state index is -4.22. The Kier molecular flexibility index (Phi) is 14.5. The SMILES string of the molecule is Cc1cc(OCc2ccccc2)nc(-n2cc(C(=O)N3CCC(C(F)(F)F)CC3)c(C)n2)c1.Cc1cc(OCc2ccccc2)nc(-n2ncc(C(=O)N3CCC(C(F)(F)F)CC3)c2C)c1. The predicted octanol–water partition coefficient (Wildman–Crippen LogP) is 9.76. The van der Waals surface area contributed by atoms with Crippen molar-refractivity contribution in [2.45, 2.75) is 78.9 Å². The number of carbonyl (C=O) groups is 2. The fourth-order valence-electron chi connectivity index (χ4n) is 7.87. The Morgan fingerprint density at radius 2 is 1.06 bits per heavy atom. The van der Waals surface area contributed by atoms with Crippen molar-refractivity contribution in [2.24, 2.45) is 11.8 Å². The minimum Gasteiger partial charge on any atom is -0.473 e. The van der Waals surface area contributed by atoms with Gasteiger partial charge in [0.05, 0.1) is 40.5 Å². The van der Waals surface area contributed by atoms with Crippen LogP contribution in [0.2, 0.25) is 0 Å². The van der Waals surface area contributed by atoms with Gasteiger partial charge in [-0.15, -0.1) is 0 Å². The Morgan fingerprint density at radius 3 is 1.53 bits per heavy atom. The third-order valence-electron chi connectivity index (χ3n) is 11.6. The Labute approximate surface area is 378 Å². The van der Waals surface area contributed by atoms with Gasteiger partial charge in [0.25, 0.3) is 11.8 Å². The number of hydrogen-bond donors (Lipinski definition) is 0. The summed E-state index contributed by atoms with van der Waals surface area (Å²) in [5.41, 5.74) is 5.64. The average molecular weight is 917 g/mol. The van der Waals surface area contributed by atoms with Crippen LogP contribution in [0.3, 0.4) is 0 Å². The molecule has 0 atom stereocenters. The van der Waals surface area contributed by atoms with Crippen LogP contribution >= 0.6 is 0 Å². The van der Waals surface area contributed by atoms with Gasteiger partial charge in [-0.25, -0.2) is 9.36 Å². The van der Waals surface area contributed by atoms with E-state index >= 15 is 0 Å². The van der Waals surface area contributed by atoms with E-state index < -0.39 is 24.2 Å². The first-order valence-corrected chi connectivity index (χ1v) is 21.6. The van der Waals surface area contributed by atoms with Gasteiger partial charge < -0.3 is 19.3 Å². The summed E-state index contributed by atoms with van der Waals surface area (Å²) in [5.74, 6) is -1.45. The van der Waals surface area contributed by atoms with Crippen LogP contribution in [0.15, 0.2) is 97.3 Å². The van der Waals surface area contributed by atoms with Gasteiger partial charge in [0, 0.05) is 44.5 Å². The first-order valence-electron chi connectivity index (χ1n) is 21.6. The van der Waals surface area contributed by atoms with Crippen LogP contribution in [0.1, 0.15) is 80.0 Å². The number of aromatic nitrogens is 6. The number of nitrogens with zero attached hydrogens (tertiary/aromatic N) is 8. The summed E-state index contributed by atoms with van der Waals surface area (Å²) in [7, 11) is 0. The fourth-order valence-corrected chi connectivity index (χ4v) is 7.87. The summed E-state index contributed by atoms with van der Waals surface area (Å²) < 4.78 is 92.3. The number of hydrogen-bond acceptors (Lipinski definition) is 8. The molecule has 66 heavy (non-hydrogen) atoms. The molecule has 0 saturated carbocycles. The normalized spacial score (nSPS) is 15.0. The molecule has 4 aromatic heterocycles. The average Bonchev–Trinajstić information content (AvgIpc) is 3.89. The van der Waals surface area contributed by atoms with E-state index in [0.29, 0.717) is 59.1 Å². The molecular formula is C48H50F6N8O4. The molecule has 0 spiro atoms. The molecule has 2 fully saturated rings. The second-order valence-electron chi connectivity index (χ2n) is 16.6. The molecule has 2 aromatic carbocycles. The fraction of sp³-hybridized carbons (Fsp3) is 0.375. The number of halogens is 6. The summed E-state index contributed by atoms with van der Waals surface area (Å²) in [6, 6.07) is 26.8. The van der Waals surface area contributed by atoms with Crippen molar-refractivity contribution in [2.75, 3.05) is 26.2 Å². The zero-order chi connectivity index (χ0) is 47.2. The van der Waals surface area contributed by atoms with E-state index in [9.17, 15) is 35.9 Å². The number of carbonyl (C=O) groups excluding carboxylic acids is 2. The third-order valence-corrected chi connectivity index (χ3v) is 11.6. The van der Waals surface area contributed by atoms with Crippen molar-refractivity contribution in [3.63, 3.8) is 0 Å². The van der Waals surface area contributed by atoms with E-state index in [2.05, 4.69) is 20.2 Å². The molecule has 0 radical (unpaired) electrons. The molecular weight excluding hydrogens is 867 g/mol. The number of alkyl halides is 6. The molecule has 0 N–H and O–H groups in total. The largest absolute Gasteiger partial charge is 0.473 e. The molecule has 2 amide bonds. The molecule has 6 heterocycles. The van der Waals surface area contributed by atoms with Gasteiger partial charge in [0.2, 0.25) is 11.8 Å². The summed E-state index contributed by atoms with van der Waals surface area (Å²) in [4.78, 5) is 37.9. The second kappa shape index (κ2) is 20.2. The van der Waals surface area contributed by atoms with Crippen molar-refractivity contribution in [1.82, 2.24) is 39.3 Å².